The van der Waals surface area contributed by atoms with Crippen molar-refractivity contribution in [1.82, 2.24) is 4.98 Å². The molecule has 0 radical (unpaired) electrons. The number of carbonyl (C=O) groups excluding carboxylic acids is 1. The van der Waals surface area contributed by atoms with Gasteiger partial charge in [0.25, 0.3) is 0 Å². The van der Waals surface area contributed by atoms with Gasteiger partial charge in [0, 0.05) is 12.3 Å². The number of nitrogens with zero attached hydrogens (tertiary/aromatic N) is 1. The highest BCUT2D eigenvalue weighted by Gasteiger charge is 2.26. The van der Waals surface area contributed by atoms with Crippen LogP contribution < -0.4 is 0 Å². The molecular formula is C21H27NO3. The molecule has 134 valence electrons. The maximum atomic E-state index is 12.5. The summed E-state index contributed by atoms with van der Waals surface area (Å²) in [5.74, 6) is 1.33. The Balaban J connectivity index is 1.81. The van der Waals surface area contributed by atoms with Crippen LogP contribution in [-0.2, 0) is 11.2 Å². The number of unbranched alkanes of at least 4 members (excludes halogenated alkanes) is 1. The largest absolute Gasteiger partial charge is 0.461 e. The first kappa shape index (κ1) is 17.7. The third kappa shape index (κ3) is 4.71. The maximum absolute atomic E-state index is 12.5. The Morgan fingerprint density at radius 2 is 1.96 bits per heavy atom. The molecule has 0 atom stereocenters. The van der Waals surface area contributed by atoms with E-state index in [1.807, 2.05) is 30.3 Å². The molecule has 0 saturated heterocycles. The van der Waals surface area contributed by atoms with Crippen molar-refractivity contribution in [1.29, 1.82) is 0 Å². The van der Waals surface area contributed by atoms with Crippen molar-refractivity contribution in [3.63, 3.8) is 0 Å². The minimum atomic E-state index is -0.356. The minimum absolute atomic E-state index is 0.334. The number of ether oxygens (including phenoxy) is 1. The van der Waals surface area contributed by atoms with Crippen LogP contribution in [0.1, 0.15) is 85.5 Å². The van der Waals surface area contributed by atoms with Crippen molar-refractivity contribution in [2.45, 2.75) is 64.2 Å². The molecule has 0 unspecified atom stereocenters. The Kier molecular flexibility index (Phi) is 6.26. The topological polar surface area (TPSA) is 52.3 Å². The van der Waals surface area contributed by atoms with Crippen LogP contribution in [-0.4, -0.2) is 17.6 Å². The van der Waals surface area contributed by atoms with Crippen molar-refractivity contribution in [2.24, 2.45) is 0 Å². The molecule has 1 aromatic carbocycles. The molecule has 0 spiro atoms. The molecule has 1 aliphatic rings. The monoisotopic (exact) mass is 341 g/mol. The fraction of sp³-hybridized carbons (Fsp3) is 0.524. The van der Waals surface area contributed by atoms with E-state index in [0.717, 1.165) is 31.2 Å². The molecule has 1 heterocycles. The van der Waals surface area contributed by atoms with E-state index in [4.69, 9.17) is 9.15 Å². The van der Waals surface area contributed by atoms with Gasteiger partial charge in [-0.15, -0.1) is 0 Å². The second-order valence-corrected chi connectivity index (χ2v) is 6.81. The molecule has 25 heavy (non-hydrogen) atoms. The number of rotatable bonds is 7. The highest BCUT2D eigenvalue weighted by molar-refractivity contribution is 5.88. The molecule has 0 aliphatic heterocycles. The van der Waals surface area contributed by atoms with Gasteiger partial charge in [0.2, 0.25) is 0 Å². The summed E-state index contributed by atoms with van der Waals surface area (Å²) in [6.45, 7) is 2.51. The molecule has 1 fully saturated rings. The normalized spacial score (nSPS) is 15.2. The lowest BCUT2D eigenvalue weighted by molar-refractivity contribution is 0.0491. The van der Waals surface area contributed by atoms with Crippen LogP contribution in [0.5, 0.6) is 0 Å². The first-order chi connectivity index (χ1) is 12.3. The number of oxazole rings is 1. The number of aromatic nitrogens is 1. The van der Waals surface area contributed by atoms with Crippen molar-refractivity contribution < 1.29 is 13.9 Å². The average molecular weight is 341 g/mol. The van der Waals surface area contributed by atoms with Gasteiger partial charge in [0.05, 0.1) is 6.61 Å². The van der Waals surface area contributed by atoms with Crippen molar-refractivity contribution in [2.75, 3.05) is 6.61 Å². The van der Waals surface area contributed by atoms with Gasteiger partial charge < -0.3 is 9.15 Å². The number of hydrogen-bond acceptors (Lipinski definition) is 4. The molecule has 1 aliphatic carbocycles. The van der Waals surface area contributed by atoms with E-state index in [9.17, 15) is 4.79 Å². The lowest BCUT2D eigenvalue weighted by Gasteiger charge is -2.17. The molecule has 1 saturated carbocycles. The van der Waals surface area contributed by atoms with E-state index in [1.165, 1.54) is 19.3 Å². The van der Waals surface area contributed by atoms with Crippen LogP contribution in [0.15, 0.2) is 34.7 Å². The summed E-state index contributed by atoms with van der Waals surface area (Å²) in [6.07, 6.45) is 8.31. The zero-order valence-electron chi connectivity index (χ0n) is 15.0. The zero-order valence-corrected chi connectivity index (χ0v) is 15.0. The van der Waals surface area contributed by atoms with Gasteiger partial charge in [0.15, 0.2) is 11.6 Å². The van der Waals surface area contributed by atoms with Gasteiger partial charge in [-0.1, -0.05) is 62.9 Å². The minimum Gasteiger partial charge on any atom is -0.461 e. The summed E-state index contributed by atoms with van der Waals surface area (Å²) in [4.78, 5) is 17.0. The summed E-state index contributed by atoms with van der Waals surface area (Å²) in [7, 11) is 0. The molecule has 0 bridgehead atoms. The van der Waals surface area contributed by atoms with Gasteiger partial charge in [-0.05, 0) is 24.8 Å². The van der Waals surface area contributed by atoms with Crippen LogP contribution in [0.25, 0.3) is 0 Å². The van der Waals surface area contributed by atoms with Gasteiger partial charge in [-0.3, -0.25) is 0 Å². The Hall–Kier alpha value is -2.10. The first-order valence-electron chi connectivity index (χ1n) is 9.48. The fourth-order valence-electron chi connectivity index (χ4n) is 3.33. The lowest BCUT2D eigenvalue weighted by atomic mass is 9.89. The quantitative estimate of drug-likeness (QED) is 0.508. The van der Waals surface area contributed by atoms with E-state index in [0.29, 0.717) is 36.3 Å². The van der Waals surface area contributed by atoms with E-state index >= 15 is 0 Å². The van der Waals surface area contributed by atoms with E-state index in [2.05, 4.69) is 11.9 Å². The Morgan fingerprint density at radius 1 is 1.20 bits per heavy atom. The molecular weight excluding hydrogens is 314 g/mol. The zero-order chi connectivity index (χ0) is 17.5. The Bertz CT molecular complexity index is 672. The summed E-state index contributed by atoms with van der Waals surface area (Å²) in [6, 6.07) is 10.0. The number of esters is 1. The van der Waals surface area contributed by atoms with Crippen LogP contribution in [0.3, 0.4) is 0 Å². The summed E-state index contributed by atoms with van der Waals surface area (Å²) in [5, 5.41) is 0. The summed E-state index contributed by atoms with van der Waals surface area (Å²) < 4.78 is 11.5. The van der Waals surface area contributed by atoms with E-state index in [-0.39, 0.29) is 5.97 Å². The molecule has 0 N–H and O–H groups in total. The maximum Gasteiger partial charge on any atom is 0.360 e. The first-order valence-corrected chi connectivity index (χ1v) is 9.48. The molecule has 0 amide bonds. The second-order valence-electron chi connectivity index (χ2n) is 6.81. The van der Waals surface area contributed by atoms with Gasteiger partial charge in [0.1, 0.15) is 5.76 Å². The Morgan fingerprint density at radius 3 is 2.68 bits per heavy atom. The molecule has 2 aromatic rings. The Labute approximate surface area is 149 Å². The fourth-order valence-corrected chi connectivity index (χ4v) is 3.33. The number of benzene rings is 1. The molecule has 4 nitrogen and oxygen atoms in total. The van der Waals surface area contributed by atoms with Gasteiger partial charge in [-0.2, -0.15) is 0 Å². The number of hydrogen-bond donors (Lipinski definition) is 0. The second kappa shape index (κ2) is 8.84. The molecule has 1 aromatic heterocycles. The van der Waals surface area contributed by atoms with Crippen molar-refractivity contribution >= 4 is 5.97 Å². The SMILES string of the molecule is CCCCOC(=O)c1nc(C2CCCCC2)oc1Cc1ccccc1. The third-order valence-corrected chi connectivity index (χ3v) is 4.80. The summed E-state index contributed by atoms with van der Waals surface area (Å²) in [5.41, 5.74) is 1.47. The van der Waals surface area contributed by atoms with Gasteiger partial charge >= 0.3 is 5.97 Å². The summed E-state index contributed by atoms with van der Waals surface area (Å²) >= 11 is 0. The smallest absolute Gasteiger partial charge is 0.360 e. The van der Waals surface area contributed by atoms with Crippen LogP contribution in [0.4, 0.5) is 0 Å². The lowest BCUT2D eigenvalue weighted by Crippen LogP contribution is -2.10. The van der Waals surface area contributed by atoms with E-state index in [1.54, 1.807) is 0 Å². The average Bonchev–Trinajstić information content (AvgIpc) is 3.07. The van der Waals surface area contributed by atoms with Crippen molar-refractivity contribution in [3.05, 3.63) is 53.2 Å². The number of carbonyl (C=O) groups is 1. The highest BCUT2D eigenvalue weighted by atomic mass is 16.5. The van der Waals surface area contributed by atoms with E-state index < -0.39 is 0 Å². The third-order valence-electron chi connectivity index (χ3n) is 4.80. The highest BCUT2D eigenvalue weighted by Crippen LogP contribution is 2.33. The van der Waals surface area contributed by atoms with Gasteiger partial charge in [-0.25, -0.2) is 9.78 Å². The standard InChI is InChI=1S/C21H27NO3/c1-2-3-14-24-21(23)19-18(15-16-10-6-4-7-11-16)25-20(22-19)17-12-8-5-9-13-17/h4,6-7,10-11,17H,2-3,5,8-9,12-15H2,1H3. The van der Waals surface area contributed by atoms with Crippen LogP contribution in [0.2, 0.25) is 0 Å². The molecule has 4 heteroatoms. The van der Waals surface area contributed by atoms with Crippen LogP contribution in [0, 0.1) is 0 Å². The molecule has 3 rings (SSSR count). The predicted octanol–water partition coefficient (Wildman–Crippen LogP) is 5.27. The van der Waals surface area contributed by atoms with Crippen molar-refractivity contribution in [3.8, 4) is 0 Å². The van der Waals surface area contributed by atoms with Crippen LogP contribution >= 0.6 is 0 Å². The predicted molar refractivity (Wildman–Crippen MR) is 96.8 cm³/mol.